The van der Waals surface area contributed by atoms with Gasteiger partial charge >= 0.3 is 0 Å². The summed E-state index contributed by atoms with van der Waals surface area (Å²) in [7, 11) is 0. The van der Waals surface area contributed by atoms with Crippen molar-refractivity contribution >= 4 is 16.9 Å². The number of nitrogens with one attached hydrogen (secondary N) is 1. The molecule has 0 saturated carbocycles. The van der Waals surface area contributed by atoms with E-state index in [1.807, 2.05) is 17.2 Å². The quantitative estimate of drug-likeness (QED) is 0.944. The summed E-state index contributed by atoms with van der Waals surface area (Å²) in [6.45, 7) is 4.33. The molecule has 2 aliphatic rings. The van der Waals surface area contributed by atoms with Crippen LogP contribution >= 0.6 is 0 Å². The molecule has 1 atom stereocenters. The third-order valence-corrected chi connectivity index (χ3v) is 5.15. The van der Waals surface area contributed by atoms with Crippen LogP contribution < -0.4 is 5.32 Å². The third-order valence-electron chi connectivity index (χ3n) is 5.15. The lowest BCUT2D eigenvalue weighted by Crippen LogP contribution is -2.33. The number of aromatic nitrogens is 2. The maximum atomic E-state index is 12.7. The molecule has 4 rings (SSSR count). The number of likely N-dealkylation sites (tertiary alicyclic amines) is 1. The predicted molar refractivity (Wildman–Crippen MR) is 90.4 cm³/mol. The van der Waals surface area contributed by atoms with Crippen LogP contribution in [0.1, 0.15) is 37.3 Å². The molecule has 1 unspecified atom stereocenters. The Morgan fingerprint density at radius 3 is 2.96 bits per heavy atom. The summed E-state index contributed by atoms with van der Waals surface area (Å²) in [5.74, 6) is 0.708. The minimum absolute atomic E-state index is 0.232. The number of nitrogens with zero attached hydrogens (tertiary/aromatic N) is 3. The zero-order valence-electron chi connectivity index (χ0n) is 13.5. The first-order chi connectivity index (χ1) is 11.3. The van der Waals surface area contributed by atoms with Crippen molar-refractivity contribution in [3.8, 4) is 0 Å². The smallest absolute Gasteiger partial charge is 0.242 e. The molecular formula is C18H24N4O. The Kier molecular flexibility index (Phi) is 4.04. The molecule has 2 aromatic heterocycles. The average Bonchev–Trinajstić information content (AvgIpc) is 3.24. The van der Waals surface area contributed by atoms with E-state index in [-0.39, 0.29) is 5.91 Å². The lowest BCUT2D eigenvalue weighted by molar-refractivity contribution is -0.130. The molecule has 23 heavy (non-hydrogen) atoms. The van der Waals surface area contributed by atoms with Gasteiger partial charge in [0.2, 0.25) is 5.91 Å². The highest BCUT2D eigenvalue weighted by Crippen LogP contribution is 2.29. The zero-order chi connectivity index (χ0) is 15.6. The summed E-state index contributed by atoms with van der Waals surface area (Å²) >= 11 is 0. The van der Waals surface area contributed by atoms with Gasteiger partial charge in [0.05, 0.1) is 0 Å². The number of hydrogen-bond acceptors (Lipinski definition) is 3. The van der Waals surface area contributed by atoms with Crippen molar-refractivity contribution in [2.24, 2.45) is 0 Å². The van der Waals surface area contributed by atoms with E-state index in [0.717, 1.165) is 50.1 Å². The van der Waals surface area contributed by atoms with E-state index in [1.165, 1.54) is 18.5 Å². The molecule has 1 amide bonds. The molecule has 5 heteroatoms. The van der Waals surface area contributed by atoms with Crippen LogP contribution in [0.25, 0.3) is 11.0 Å². The number of hydrogen-bond donors (Lipinski definition) is 1. The highest BCUT2D eigenvalue weighted by Gasteiger charge is 2.24. The molecule has 1 N–H and O–H groups in total. The first-order valence-corrected chi connectivity index (χ1v) is 8.75. The van der Waals surface area contributed by atoms with Crippen molar-refractivity contribution in [2.75, 3.05) is 26.2 Å². The van der Waals surface area contributed by atoms with Crippen LogP contribution in [0.2, 0.25) is 0 Å². The van der Waals surface area contributed by atoms with E-state index in [4.69, 9.17) is 0 Å². The number of amides is 1. The Labute approximate surface area is 136 Å². The molecule has 0 spiro atoms. The van der Waals surface area contributed by atoms with Gasteiger partial charge in [-0.15, -0.1) is 0 Å². The summed E-state index contributed by atoms with van der Waals surface area (Å²) in [5, 5.41) is 4.63. The minimum atomic E-state index is 0.232. The average molecular weight is 312 g/mol. The van der Waals surface area contributed by atoms with Gasteiger partial charge < -0.3 is 14.8 Å². The molecule has 2 saturated heterocycles. The van der Waals surface area contributed by atoms with Gasteiger partial charge in [-0.1, -0.05) is 0 Å². The molecule has 0 bridgehead atoms. The molecule has 4 heterocycles. The van der Waals surface area contributed by atoms with Crippen LogP contribution in [0, 0.1) is 0 Å². The van der Waals surface area contributed by atoms with Crippen molar-refractivity contribution in [3.63, 3.8) is 0 Å². The number of carbonyl (C=O) groups is 1. The van der Waals surface area contributed by atoms with Crippen LogP contribution in [0.5, 0.6) is 0 Å². The SMILES string of the molecule is O=C(Cn1c(C2CCCNC2)cc2cccnc21)N1CCCC1. The fourth-order valence-electron chi connectivity index (χ4n) is 3.92. The van der Waals surface area contributed by atoms with Crippen molar-refractivity contribution in [2.45, 2.75) is 38.1 Å². The third kappa shape index (κ3) is 2.85. The van der Waals surface area contributed by atoms with Crippen LogP contribution in [0.3, 0.4) is 0 Å². The van der Waals surface area contributed by atoms with Gasteiger partial charge in [-0.05, 0) is 50.4 Å². The number of fused-ring (bicyclic) bond motifs is 1. The second-order valence-electron chi connectivity index (χ2n) is 6.70. The van der Waals surface area contributed by atoms with Crippen molar-refractivity contribution in [1.29, 1.82) is 0 Å². The maximum Gasteiger partial charge on any atom is 0.242 e. The fourth-order valence-corrected chi connectivity index (χ4v) is 3.92. The topological polar surface area (TPSA) is 50.2 Å². The Hall–Kier alpha value is -1.88. The highest BCUT2D eigenvalue weighted by atomic mass is 16.2. The second-order valence-corrected chi connectivity index (χ2v) is 6.70. The lowest BCUT2D eigenvalue weighted by Gasteiger charge is -2.25. The number of pyridine rings is 1. The van der Waals surface area contributed by atoms with Crippen LogP contribution in [0.4, 0.5) is 0 Å². The molecule has 2 aliphatic heterocycles. The first kappa shape index (κ1) is 14.7. The summed E-state index contributed by atoms with van der Waals surface area (Å²) in [6.07, 6.45) is 6.47. The van der Waals surface area contributed by atoms with E-state index < -0.39 is 0 Å². The molecule has 2 fully saturated rings. The molecule has 0 aliphatic carbocycles. The van der Waals surface area contributed by atoms with E-state index in [0.29, 0.717) is 12.5 Å². The Bertz CT molecular complexity index is 696. The number of piperidine rings is 1. The number of carbonyl (C=O) groups excluding carboxylic acids is 1. The second kappa shape index (κ2) is 6.32. The molecule has 2 aromatic rings. The molecule has 5 nitrogen and oxygen atoms in total. The van der Waals surface area contributed by atoms with Gasteiger partial charge in [-0.25, -0.2) is 4.98 Å². The summed E-state index contributed by atoms with van der Waals surface area (Å²) in [5.41, 5.74) is 2.21. The standard InChI is InChI=1S/C18H24N4O/c23-17(21-9-1-2-10-21)13-22-16(15-6-3-7-19-12-15)11-14-5-4-8-20-18(14)22/h4-5,8,11,15,19H,1-3,6-7,9-10,12-13H2. The van der Waals surface area contributed by atoms with Gasteiger partial charge in [-0.3, -0.25) is 4.79 Å². The van der Waals surface area contributed by atoms with E-state index in [9.17, 15) is 4.79 Å². The minimum Gasteiger partial charge on any atom is -0.341 e. The lowest BCUT2D eigenvalue weighted by atomic mass is 9.96. The molecular weight excluding hydrogens is 288 g/mol. The monoisotopic (exact) mass is 312 g/mol. The zero-order valence-corrected chi connectivity index (χ0v) is 13.5. The Morgan fingerprint density at radius 1 is 1.30 bits per heavy atom. The molecule has 122 valence electrons. The van der Waals surface area contributed by atoms with E-state index >= 15 is 0 Å². The van der Waals surface area contributed by atoms with E-state index in [1.54, 1.807) is 0 Å². The van der Waals surface area contributed by atoms with Gasteiger partial charge in [0, 0.05) is 42.8 Å². The number of rotatable bonds is 3. The van der Waals surface area contributed by atoms with Crippen LogP contribution in [-0.2, 0) is 11.3 Å². The summed E-state index contributed by atoms with van der Waals surface area (Å²) in [4.78, 5) is 19.2. The van der Waals surface area contributed by atoms with Crippen molar-refractivity contribution in [3.05, 3.63) is 30.1 Å². The largest absolute Gasteiger partial charge is 0.341 e. The van der Waals surface area contributed by atoms with Gasteiger partial charge in [0.25, 0.3) is 0 Å². The van der Waals surface area contributed by atoms with Gasteiger partial charge in [0.15, 0.2) is 0 Å². The van der Waals surface area contributed by atoms with Gasteiger partial charge in [-0.2, -0.15) is 0 Å². The van der Waals surface area contributed by atoms with Crippen molar-refractivity contribution < 1.29 is 4.79 Å². The van der Waals surface area contributed by atoms with Crippen molar-refractivity contribution in [1.82, 2.24) is 19.8 Å². The molecule has 0 aromatic carbocycles. The Balaban J connectivity index is 1.68. The Morgan fingerprint density at radius 2 is 2.17 bits per heavy atom. The molecule has 0 radical (unpaired) electrons. The summed E-state index contributed by atoms with van der Waals surface area (Å²) < 4.78 is 2.16. The van der Waals surface area contributed by atoms with Crippen LogP contribution in [-0.4, -0.2) is 46.5 Å². The normalized spacial score (nSPS) is 21.9. The highest BCUT2D eigenvalue weighted by molar-refractivity contribution is 5.82. The van der Waals surface area contributed by atoms with E-state index in [2.05, 4.69) is 27.0 Å². The van der Waals surface area contributed by atoms with Crippen LogP contribution in [0.15, 0.2) is 24.4 Å². The maximum absolute atomic E-state index is 12.7. The fraction of sp³-hybridized carbons (Fsp3) is 0.556. The summed E-state index contributed by atoms with van der Waals surface area (Å²) in [6, 6.07) is 6.30. The predicted octanol–water partition coefficient (Wildman–Crippen LogP) is 2.13. The first-order valence-electron chi connectivity index (χ1n) is 8.75. The van der Waals surface area contributed by atoms with Gasteiger partial charge in [0.1, 0.15) is 12.2 Å².